The van der Waals surface area contributed by atoms with Crippen molar-refractivity contribution >= 4 is 47.3 Å². The summed E-state index contributed by atoms with van der Waals surface area (Å²) in [5.74, 6) is -2.64. The Morgan fingerprint density at radius 3 is 2.72 bits per heavy atom. The van der Waals surface area contributed by atoms with Gasteiger partial charge in [-0.3, -0.25) is 14.5 Å². The molecule has 1 fully saturated rings. The Morgan fingerprint density at radius 2 is 2.06 bits per heavy atom. The molecule has 1 saturated heterocycles. The molecule has 1 aromatic heterocycles. The van der Waals surface area contributed by atoms with Gasteiger partial charge in [0, 0.05) is 11.5 Å². The van der Waals surface area contributed by atoms with Crippen LogP contribution in [-0.4, -0.2) is 83.8 Å². The van der Waals surface area contributed by atoms with Crippen molar-refractivity contribution in [2.45, 2.75) is 29.4 Å². The van der Waals surface area contributed by atoms with E-state index in [1.54, 1.807) is 6.92 Å². The number of carbonyl (C=O) groups is 4. The summed E-state index contributed by atoms with van der Waals surface area (Å²) in [7, 11) is 0. The molecule has 0 aliphatic carbocycles. The number of fused-ring (bicyclic) bond motifs is 1. The van der Waals surface area contributed by atoms with Crippen LogP contribution < -0.4 is 11.1 Å². The molecule has 0 radical (unpaired) electrons. The van der Waals surface area contributed by atoms with Crippen LogP contribution in [0.4, 0.5) is 0 Å². The Balaban J connectivity index is 1.45. The molecule has 0 bridgehead atoms. The minimum atomic E-state index is -1.28. The molecular formula is C21H22N6O7S2. The van der Waals surface area contributed by atoms with E-state index in [9.17, 15) is 29.4 Å². The number of phenols is 1. The van der Waals surface area contributed by atoms with Crippen molar-refractivity contribution in [1.82, 2.24) is 25.6 Å². The molecule has 1 aromatic carbocycles. The molecule has 13 nitrogen and oxygen atoms in total. The van der Waals surface area contributed by atoms with E-state index in [1.165, 1.54) is 36.0 Å². The summed E-state index contributed by atoms with van der Waals surface area (Å²) in [6.45, 7) is 1.82. The molecule has 2 aromatic rings. The van der Waals surface area contributed by atoms with Crippen molar-refractivity contribution in [2.24, 2.45) is 5.73 Å². The number of nitrogens with two attached hydrogens (primary N) is 1. The molecule has 3 heterocycles. The van der Waals surface area contributed by atoms with Crippen LogP contribution in [0.1, 0.15) is 29.0 Å². The first kappa shape index (κ1) is 25.5. The zero-order valence-corrected chi connectivity index (χ0v) is 20.5. The summed E-state index contributed by atoms with van der Waals surface area (Å²) < 4.78 is 4.93. The van der Waals surface area contributed by atoms with E-state index in [4.69, 9.17) is 10.5 Å². The van der Waals surface area contributed by atoms with E-state index in [0.29, 0.717) is 11.1 Å². The van der Waals surface area contributed by atoms with E-state index in [-0.39, 0.29) is 40.3 Å². The number of aromatic nitrogens is 3. The highest BCUT2D eigenvalue weighted by atomic mass is 32.2. The number of aromatic amines is 1. The number of thioether (sulfide) groups is 2. The lowest BCUT2D eigenvalue weighted by Gasteiger charge is -2.49. The third kappa shape index (κ3) is 4.89. The van der Waals surface area contributed by atoms with Gasteiger partial charge in [-0.1, -0.05) is 23.9 Å². The van der Waals surface area contributed by atoms with Gasteiger partial charge >= 0.3 is 11.9 Å². The van der Waals surface area contributed by atoms with E-state index >= 15 is 0 Å². The quantitative estimate of drug-likeness (QED) is 0.167. The van der Waals surface area contributed by atoms with Crippen LogP contribution in [0.5, 0.6) is 5.75 Å². The van der Waals surface area contributed by atoms with Gasteiger partial charge in [0.15, 0.2) is 5.03 Å². The monoisotopic (exact) mass is 534 g/mol. The van der Waals surface area contributed by atoms with Gasteiger partial charge < -0.3 is 26.0 Å². The Bertz CT molecular complexity index is 1230. The van der Waals surface area contributed by atoms with Gasteiger partial charge in [0.05, 0.1) is 6.61 Å². The van der Waals surface area contributed by atoms with E-state index in [2.05, 4.69) is 20.7 Å². The van der Waals surface area contributed by atoms with E-state index in [0.717, 1.165) is 16.7 Å². The van der Waals surface area contributed by atoms with Crippen molar-refractivity contribution in [3.05, 3.63) is 46.8 Å². The maximum atomic E-state index is 12.9. The number of nitrogens with one attached hydrogen (secondary N) is 2. The van der Waals surface area contributed by atoms with E-state index in [1.807, 2.05) is 0 Å². The number of hydrogen-bond donors (Lipinski definition) is 5. The predicted molar refractivity (Wildman–Crippen MR) is 128 cm³/mol. The van der Waals surface area contributed by atoms with Crippen LogP contribution in [0.3, 0.4) is 0 Å². The number of carboxylic acid groups (broad SMARTS) is 1. The van der Waals surface area contributed by atoms with Crippen molar-refractivity contribution in [3.8, 4) is 5.75 Å². The first-order valence-corrected chi connectivity index (χ1v) is 12.7. The smallest absolute Gasteiger partial charge is 0.361 e. The molecule has 2 aliphatic heterocycles. The largest absolute Gasteiger partial charge is 0.508 e. The highest BCUT2D eigenvalue weighted by Crippen LogP contribution is 2.41. The number of phenolic OH excluding ortho intramolecular Hbond substituents is 1. The molecule has 4 rings (SSSR count). The Morgan fingerprint density at radius 1 is 1.33 bits per heavy atom. The minimum absolute atomic E-state index is 0.00608. The predicted octanol–water partition coefficient (Wildman–Crippen LogP) is 0.218. The molecule has 190 valence electrons. The molecular weight excluding hydrogens is 512 g/mol. The van der Waals surface area contributed by atoms with Crippen LogP contribution in [-0.2, 0) is 19.1 Å². The fourth-order valence-electron chi connectivity index (χ4n) is 3.68. The second-order valence-corrected chi connectivity index (χ2v) is 9.78. The summed E-state index contributed by atoms with van der Waals surface area (Å²) in [5.41, 5.74) is 6.73. The fourth-order valence-corrected chi connectivity index (χ4v) is 6.08. The lowest BCUT2D eigenvalue weighted by atomic mass is 10.0. The first-order valence-electron chi connectivity index (χ1n) is 10.7. The fraction of sp³-hybridized carbons (Fsp3) is 0.333. The number of carbonyl (C=O) groups excluding carboxylic acids is 3. The van der Waals surface area contributed by atoms with Gasteiger partial charge in [0.1, 0.15) is 28.9 Å². The van der Waals surface area contributed by atoms with Gasteiger partial charge in [-0.15, -0.1) is 22.0 Å². The van der Waals surface area contributed by atoms with Gasteiger partial charge in [-0.25, -0.2) is 9.59 Å². The molecule has 36 heavy (non-hydrogen) atoms. The van der Waals surface area contributed by atoms with Gasteiger partial charge in [0.2, 0.25) is 11.6 Å². The van der Waals surface area contributed by atoms with Crippen LogP contribution in [0, 0.1) is 0 Å². The number of β-lactam (4-membered cyclic amide) rings is 1. The Labute approximate surface area is 212 Å². The molecule has 2 amide bonds. The first-order chi connectivity index (χ1) is 17.2. The average molecular weight is 535 g/mol. The molecule has 1 unspecified atom stereocenters. The second-order valence-electron chi connectivity index (χ2n) is 7.71. The van der Waals surface area contributed by atoms with Gasteiger partial charge in [0.25, 0.3) is 5.91 Å². The summed E-state index contributed by atoms with van der Waals surface area (Å²) in [4.78, 5) is 50.7. The van der Waals surface area contributed by atoms with Crippen LogP contribution in [0.2, 0.25) is 0 Å². The van der Waals surface area contributed by atoms with Crippen LogP contribution in [0.15, 0.2) is 40.6 Å². The van der Waals surface area contributed by atoms with Crippen molar-refractivity contribution in [1.29, 1.82) is 0 Å². The zero-order valence-electron chi connectivity index (χ0n) is 18.8. The topological polar surface area (TPSA) is 201 Å². The number of nitrogens with zero attached hydrogens (tertiary/aromatic N) is 3. The second kappa shape index (κ2) is 10.6. The minimum Gasteiger partial charge on any atom is -0.508 e. The van der Waals surface area contributed by atoms with E-state index < -0.39 is 41.2 Å². The Hall–Kier alpha value is -3.56. The summed E-state index contributed by atoms with van der Waals surface area (Å²) >= 11 is 2.40. The number of H-pyrrole nitrogens is 1. The maximum Gasteiger partial charge on any atom is 0.361 e. The average Bonchev–Trinajstić information content (AvgIpc) is 3.34. The molecule has 6 N–H and O–H groups in total. The zero-order chi connectivity index (χ0) is 26.0. The lowest BCUT2D eigenvalue weighted by Crippen LogP contribution is -2.71. The number of aromatic hydroxyl groups is 1. The summed E-state index contributed by atoms with van der Waals surface area (Å²) in [6, 6.07) is 3.79. The van der Waals surface area contributed by atoms with Crippen LogP contribution >= 0.6 is 23.5 Å². The normalized spacial score (nSPS) is 19.8. The highest BCUT2D eigenvalue weighted by Gasteiger charge is 2.54. The maximum absolute atomic E-state index is 12.9. The van der Waals surface area contributed by atoms with Crippen LogP contribution in [0.25, 0.3) is 0 Å². The summed E-state index contributed by atoms with van der Waals surface area (Å²) in [6.07, 6.45) is 0. The van der Waals surface area contributed by atoms with Crippen molar-refractivity contribution < 1.29 is 34.1 Å². The van der Waals surface area contributed by atoms with Crippen molar-refractivity contribution in [2.75, 3.05) is 18.1 Å². The number of carboxylic acids is 1. The number of hydrogen-bond acceptors (Lipinski definition) is 11. The van der Waals surface area contributed by atoms with Crippen molar-refractivity contribution in [3.63, 3.8) is 0 Å². The Kier molecular flexibility index (Phi) is 7.51. The molecule has 2 aliphatic rings. The number of benzene rings is 1. The number of ether oxygens (including phenoxy) is 1. The molecule has 15 heteroatoms. The lowest BCUT2D eigenvalue weighted by molar-refractivity contribution is -0.150. The standard InChI is InChI=1S/C21H22N6O7S2/c1-2-34-21(33)13-17(25-26-24-13)35-7-10-8-36-19-14(18(30)27(19)15(10)20(31)32)23-16(29)12(22)9-3-5-11(28)6-4-9/h3-6,12,14,19,28H,2,7-8,22H2,1H3,(H,23,29)(H,31,32)(H,24,25,26)/t12-,14?,19-/m1/s1. The molecule has 0 spiro atoms. The van der Waals surface area contributed by atoms with Gasteiger partial charge in [-0.2, -0.15) is 5.21 Å². The van der Waals surface area contributed by atoms with Gasteiger partial charge in [-0.05, 0) is 30.2 Å². The molecule has 3 atom stereocenters. The third-order valence-electron chi connectivity index (χ3n) is 5.45. The number of esters is 1. The third-order valence-corrected chi connectivity index (χ3v) is 7.84. The number of amides is 2. The SMILES string of the molecule is CCOC(=O)c1n[nH]nc1SCC1=C(C(=O)O)N2C(=O)C(NC(=O)[C@H](N)c3ccc(O)cc3)[C@H]2SC1. The number of aliphatic carboxylic acids is 1. The number of rotatable bonds is 9. The highest BCUT2D eigenvalue weighted by molar-refractivity contribution is 8.01. The molecule has 0 saturated carbocycles. The summed E-state index contributed by atoms with van der Waals surface area (Å²) in [5, 5.41) is 31.6.